The first-order valence-electron chi connectivity index (χ1n) is 9.49. The Morgan fingerprint density at radius 1 is 0.875 bits per heavy atom. The minimum atomic E-state index is -4.49. The minimum Gasteiger partial charge on any atom is -0.457 e. The van der Waals surface area contributed by atoms with Crippen molar-refractivity contribution >= 4 is 5.82 Å². The van der Waals surface area contributed by atoms with Crippen LogP contribution in [0.1, 0.15) is 11.1 Å². The van der Waals surface area contributed by atoms with Crippen LogP contribution in [0.2, 0.25) is 0 Å². The molecule has 5 nitrogen and oxygen atoms in total. The third-order valence-electron chi connectivity index (χ3n) is 4.43. The van der Waals surface area contributed by atoms with Crippen molar-refractivity contribution in [3.8, 4) is 22.9 Å². The van der Waals surface area contributed by atoms with Crippen molar-refractivity contribution < 1.29 is 22.3 Å². The van der Waals surface area contributed by atoms with E-state index in [1.165, 1.54) is 36.7 Å². The van der Waals surface area contributed by atoms with E-state index in [2.05, 4.69) is 20.3 Å². The molecule has 0 radical (unpaired) electrons. The van der Waals surface area contributed by atoms with E-state index in [9.17, 15) is 17.6 Å². The monoisotopic (exact) mass is 440 g/mol. The van der Waals surface area contributed by atoms with E-state index in [1.807, 2.05) is 12.1 Å². The van der Waals surface area contributed by atoms with Gasteiger partial charge in [0.2, 0.25) is 0 Å². The predicted molar refractivity (Wildman–Crippen MR) is 111 cm³/mol. The summed E-state index contributed by atoms with van der Waals surface area (Å²) in [6.45, 7) is 0.425. The smallest absolute Gasteiger partial charge is 0.417 e. The van der Waals surface area contributed by atoms with E-state index in [4.69, 9.17) is 4.74 Å². The molecule has 32 heavy (non-hydrogen) atoms. The number of ether oxygens (including phenoxy) is 1. The Bertz CT molecular complexity index is 1200. The topological polar surface area (TPSA) is 59.9 Å². The van der Waals surface area contributed by atoms with Gasteiger partial charge in [0, 0.05) is 30.7 Å². The van der Waals surface area contributed by atoms with E-state index in [0.29, 0.717) is 23.9 Å². The molecule has 0 unspecified atom stereocenters. The lowest BCUT2D eigenvalue weighted by Gasteiger charge is -2.10. The highest BCUT2D eigenvalue weighted by molar-refractivity contribution is 5.56. The van der Waals surface area contributed by atoms with Crippen LogP contribution in [0.5, 0.6) is 11.5 Å². The van der Waals surface area contributed by atoms with Crippen LogP contribution in [0.15, 0.2) is 79.3 Å². The Balaban J connectivity index is 1.41. The maximum Gasteiger partial charge on any atom is 0.417 e. The fraction of sp³-hybridized carbons (Fsp3) is 0.0870. The molecule has 2 aromatic heterocycles. The van der Waals surface area contributed by atoms with Gasteiger partial charge in [0.25, 0.3) is 0 Å². The Labute approximate surface area is 180 Å². The van der Waals surface area contributed by atoms with Crippen LogP contribution in [0, 0.1) is 5.82 Å². The zero-order valence-corrected chi connectivity index (χ0v) is 16.5. The number of halogens is 4. The van der Waals surface area contributed by atoms with Gasteiger partial charge in [0.15, 0.2) is 5.82 Å². The van der Waals surface area contributed by atoms with Gasteiger partial charge >= 0.3 is 6.18 Å². The zero-order valence-electron chi connectivity index (χ0n) is 16.5. The summed E-state index contributed by atoms with van der Waals surface area (Å²) >= 11 is 0. The Morgan fingerprint density at radius 3 is 2.25 bits per heavy atom. The molecule has 2 heterocycles. The quantitative estimate of drug-likeness (QED) is 0.367. The van der Waals surface area contributed by atoms with E-state index in [1.54, 1.807) is 18.2 Å². The third kappa shape index (κ3) is 5.37. The molecular weight excluding hydrogens is 424 g/mol. The van der Waals surface area contributed by atoms with Crippen LogP contribution >= 0.6 is 0 Å². The molecule has 0 spiro atoms. The molecule has 0 saturated carbocycles. The highest BCUT2D eigenvalue weighted by Crippen LogP contribution is 2.30. The summed E-state index contributed by atoms with van der Waals surface area (Å²) in [5.74, 6) is 1.38. The molecule has 162 valence electrons. The molecule has 0 aliphatic rings. The number of nitrogens with one attached hydrogen (secondary N) is 1. The zero-order chi connectivity index (χ0) is 22.6. The first-order valence-corrected chi connectivity index (χ1v) is 9.49. The largest absolute Gasteiger partial charge is 0.457 e. The average Bonchev–Trinajstić information content (AvgIpc) is 2.80. The van der Waals surface area contributed by atoms with Gasteiger partial charge < -0.3 is 10.1 Å². The van der Waals surface area contributed by atoms with E-state index >= 15 is 0 Å². The van der Waals surface area contributed by atoms with Crippen molar-refractivity contribution in [3.05, 3.63) is 96.2 Å². The summed E-state index contributed by atoms with van der Waals surface area (Å²) in [4.78, 5) is 12.0. The van der Waals surface area contributed by atoms with Crippen molar-refractivity contribution in [2.24, 2.45) is 0 Å². The molecule has 4 rings (SSSR count). The predicted octanol–water partition coefficient (Wildman–Crippen LogP) is 6.10. The lowest BCUT2D eigenvalue weighted by Crippen LogP contribution is -2.06. The van der Waals surface area contributed by atoms with Crippen LogP contribution in [0.4, 0.5) is 23.4 Å². The van der Waals surface area contributed by atoms with Crippen molar-refractivity contribution in [1.29, 1.82) is 0 Å². The maximum atomic E-state index is 13.0. The minimum absolute atomic E-state index is 0.136. The molecule has 9 heteroatoms. The van der Waals surface area contributed by atoms with Crippen LogP contribution in [0.25, 0.3) is 11.4 Å². The second-order valence-electron chi connectivity index (χ2n) is 6.78. The first-order chi connectivity index (χ1) is 15.4. The number of hydrogen-bond acceptors (Lipinski definition) is 5. The number of benzene rings is 2. The molecule has 0 saturated heterocycles. The average molecular weight is 440 g/mol. The number of anilines is 1. The van der Waals surface area contributed by atoms with Crippen LogP contribution < -0.4 is 10.1 Å². The summed E-state index contributed by atoms with van der Waals surface area (Å²) in [6.07, 6.45) is -0.987. The molecule has 1 N–H and O–H groups in total. The Hall–Kier alpha value is -4.01. The Morgan fingerprint density at radius 2 is 1.56 bits per heavy atom. The molecule has 0 atom stereocenters. The van der Waals surface area contributed by atoms with Crippen LogP contribution in [0.3, 0.4) is 0 Å². The van der Waals surface area contributed by atoms with Crippen molar-refractivity contribution in [3.63, 3.8) is 0 Å². The number of alkyl halides is 3. The van der Waals surface area contributed by atoms with Crippen molar-refractivity contribution in [2.45, 2.75) is 12.7 Å². The second-order valence-corrected chi connectivity index (χ2v) is 6.78. The molecule has 0 aliphatic carbocycles. The van der Waals surface area contributed by atoms with Gasteiger partial charge in [0.1, 0.15) is 23.1 Å². The third-order valence-corrected chi connectivity index (χ3v) is 4.43. The second kappa shape index (κ2) is 9.01. The normalized spacial score (nSPS) is 11.2. The fourth-order valence-electron chi connectivity index (χ4n) is 2.82. The van der Waals surface area contributed by atoms with Gasteiger partial charge in [-0.15, -0.1) is 0 Å². The molecule has 0 fully saturated rings. The lowest BCUT2D eigenvalue weighted by molar-refractivity contribution is -0.137. The van der Waals surface area contributed by atoms with Gasteiger partial charge in [-0.1, -0.05) is 12.1 Å². The van der Waals surface area contributed by atoms with E-state index < -0.39 is 11.7 Å². The van der Waals surface area contributed by atoms with Crippen LogP contribution in [-0.4, -0.2) is 15.0 Å². The summed E-state index contributed by atoms with van der Waals surface area (Å²) in [6, 6.07) is 15.6. The Kier molecular flexibility index (Phi) is 5.98. The number of hydrogen-bond donors (Lipinski definition) is 1. The summed E-state index contributed by atoms with van der Waals surface area (Å²) in [5.41, 5.74) is 0.239. The molecule has 0 bridgehead atoms. The summed E-state index contributed by atoms with van der Waals surface area (Å²) < 4.78 is 57.4. The highest BCUT2D eigenvalue weighted by atomic mass is 19.4. The molecule has 0 aliphatic heterocycles. The first kappa shape index (κ1) is 21.2. The molecule has 2 aromatic carbocycles. The van der Waals surface area contributed by atoms with Gasteiger partial charge in [0.05, 0.1) is 5.56 Å². The lowest BCUT2D eigenvalue weighted by atomic mass is 10.2. The van der Waals surface area contributed by atoms with Gasteiger partial charge in [-0.3, -0.25) is 4.98 Å². The van der Waals surface area contributed by atoms with Crippen molar-refractivity contribution in [2.75, 3.05) is 5.32 Å². The maximum absolute atomic E-state index is 13.0. The number of aromatic nitrogens is 3. The molecule has 4 aromatic rings. The SMILES string of the molecule is Fc1ccc(Oc2ccc(CNc3ccnc(-c4cncc(C(F)(F)F)c4)n3)cc2)cc1. The fourth-order valence-corrected chi connectivity index (χ4v) is 2.82. The van der Waals surface area contributed by atoms with Gasteiger partial charge in [-0.2, -0.15) is 13.2 Å². The standard InChI is InChI=1S/C23H16F4N4O/c24-18-3-7-20(8-4-18)32-19-5-1-15(2-6-19)12-30-21-9-10-29-22(31-21)16-11-17(14-28-13-16)23(25,26)27/h1-11,13-14H,12H2,(H,29,30,31). The highest BCUT2D eigenvalue weighted by Gasteiger charge is 2.31. The molecular formula is C23H16F4N4O. The summed E-state index contributed by atoms with van der Waals surface area (Å²) in [7, 11) is 0. The number of nitrogens with zero attached hydrogens (tertiary/aromatic N) is 3. The number of rotatable bonds is 6. The summed E-state index contributed by atoms with van der Waals surface area (Å²) in [5, 5.41) is 3.12. The van der Waals surface area contributed by atoms with Crippen molar-refractivity contribution in [1.82, 2.24) is 15.0 Å². The molecule has 0 amide bonds. The van der Waals surface area contributed by atoms with E-state index in [0.717, 1.165) is 17.8 Å². The van der Waals surface area contributed by atoms with E-state index in [-0.39, 0.29) is 17.2 Å². The number of pyridine rings is 1. The van der Waals surface area contributed by atoms with Gasteiger partial charge in [-0.05, 0) is 54.1 Å². The van der Waals surface area contributed by atoms with Crippen LogP contribution in [-0.2, 0) is 12.7 Å². The van der Waals surface area contributed by atoms with Gasteiger partial charge in [-0.25, -0.2) is 14.4 Å².